The molecule has 0 aliphatic heterocycles. The van der Waals surface area contributed by atoms with Crippen LogP contribution in [0.5, 0.6) is 0 Å². The van der Waals surface area contributed by atoms with Gasteiger partial charge >= 0.3 is 0 Å². The number of benzene rings is 2. The monoisotopic (exact) mass is 430 g/mol. The molecule has 0 aliphatic rings. The van der Waals surface area contributed by atoms with E-state index in [1.54, 1.807) is 58.0 Å². The molecule has 1 atom stereocenters. The molecule has 6 nitrogen and oxygen atoms in total. The number of nitrogens with two attached hydrogens (primary N) is 1. The molecule has 5 aromatic rings. The standard InChI is InChI=1S/C24H20F2N6/c1-2-21(15-6-8-18(25)9-7-15)32-14-17(13-28-32)20-5-3-4-19(23(20)26)16-10-11-31-22(12-16)29-24(27)30-31/h3-14,21H,2H2,1H3,(H2,27,30). The fraction of sp³-hybridized carbons (Fsp3) is 0.125. The summed E-state index contributed by atoms with van der Waals surface area (Å²) in [5.41, 5.74) is 9.38. The van der Waals surface area contributed by atoms with E-state index in [9.17, 15) is 4.39 Å². The first kappa shape index (κ1) is 19.9. The van der Waals surface area contributed by atoms with E-state index in [0.29, 0.717) is 27.9 Å². The smallest absolute Gasteiger partial charge is 0.240 e. The zero-order chi connectivity index (χ0) is 22.2. The number of hydrogen-bond donors (Lipinski definition) is 1. The van der Waals surface area contributed by atoms with Gasteiger partial charge in [0.15, 0.2) is 5.65 Å². The van der Waals surface area contributed by atoms with E-state index in [0.717, 1.165) is 12.0 Å². The zero-order valence-electron chi connectivity index (χ0n) is 17.3. The first-order chi connectivity index (χ1) is 15.5. The quantitative estimate of drug-likeness (QED) is 0.420. The van der Waals surface area contributed by atoms with Crippen LogP contribution in [0.3, 0.4) is 0 Å². The largest absolute Gasteiger partial charge is 0.366 e. The third-order valence-corrected chi connectivity index (χ3v) is 5.54. The van der Waals surface area contributed by atoms with Gasteiger partial charge in [0.25, 0.3) is 0 Å². The molecule has 0 amide bonds. The number of rotatable bonds is 5. The summed E-state index contributed by atoms with van der Waals surface area (Å²) in [5.74, 6) is -0.468. The Hall–Kier alpha value is -4.07. The van der Waals surface area contributed by atoms with Crippen molar-refractivity contribution in [1.29, 1.82) is 0 Å². The number of aromatic nitrogens is 5. The van der Waals surface area contributed by atoms with Crippen molar-refractivity contribution < 1.29 is 8.78 Å². The van der Waals surface area contributed by atoms with Gasteiger partial charge in [-0.2, -0.15) is 10.1 Å². The van der Waals surface area contributed by atoms with Crippen molar-refractivity contribution >= 4 is 11.6 Å². The summed E-state index contributed by atoms with van der Waals surface area (Å²) in [6.45, 7) is 2.03. The van der Waals surface area contributed by atoms with Crippen molar-refractivity contribution in [2.45, 2.75) is 19.4 Å². The number of hydrogen-bond acceptors (Lipinski definition) is 4. The molecule has 0 aliphatic carbocycles. The van der Waals surface area contributed by atoms with Crippen LogP contribution in [0, 0.1) is 11.6 Å². The lowest BCUT2D eigenvalue weighted by atomic mass is 10.00. The van der Waals surface area contributed by atoms with E-state index in [2.05, 4.69) is 15.2 Å². The maximum atomic E-state index is 15.6. The van der Waals surface area contributed by atoms with Gasteiger partial charge in [0, 0.05) is 29.1 Å². The fourth-order valence-electron chi connectivity index (χ4n) is 3.95. The highest BCUT2D eigenvalue weighted by atomic mass is 19.1. The van der Waals surface area contributed by atoms with Gasteiger partial charge in [-0.1, -0.05) is 37.3 Å². The summed E-state index contributed by atoms with van der Waals surface area (Å²) in [7, 11) is 0. The van der Waals surface area contributed by atoms with Gasteiger partial charge in [0.05, 0.1) is 12.2 Å². The van der Waals surface area contributed by atoms with E-state index >= 15 is 4.39 Å². The number of halogens is 2. The summed E-state index contributed by atoms with van der Waals surface area (Å²) in [5, 5.41) is 8.52. The van der Waals surface area contributed by atoms with Crippen molar-refractivity contribution in [2.75, 3.05) is 5.73 Å². The molecule has 0 bridgehead atoms. The second kappa shape index (κ2) is 7.88. The van der Waals surface area contributed by atoms with Gasteiger partial charge in [-0.15, -0.1) is 5.10 Å². The Kier molecular flexibility index (Phi) is 4.89. The second-order valence-electron chi connectivity index (χ2n) is 7.54. The molecule has 3 aromatic heterocycles. The molecule has 0 radical (unpaired) electrons. The summed E-state index contributed by atoms with van der Waals surface area (Å²) >= 11 is 0. The highest BCUT2D eigenvalue weighted by molar-refractivity contribution is 5.75. The number of nitrogens with zero attached hydrogens (tertiary/aromatic N) is 5. The Bertz CT molecular complexity index is 1400. The lowest BCUT2D eigenvalue weighted by Gasteiger charge is -2.16. The first-order valence-corrected chi connectivity index (χ1v) is 10.2. The van der Waals surface area contributed by atoms with E-state index in [-0.39, 0.29) is 23.6 Å². The number of nitrogen functional groups attached to an aromatic ring is 1. The topological polar surface area (TPSA) is 74.0 Å². The molecule has 0 fully saturated rings. The predicted molar refractivity (Wildman–Crippen MR) is 119 cm³/mol. The molecule has 160 valence electrons. The van der Waals surface area contributed by atoms with Crippen LogP contribution in [-0.4, -0.2) is 24.4 Å². The van der Waals surface area contributed by atoms with Gasteiger partial charge in [-0.05, 0) is 41.8 Å². The van der Waals surface area contributed by atoms with Gasteiger partial charge in [-0.3, -0.25) is 4.68 Å². The molecular formula is C24H20F2N6. The SMILES string of the molecule is CCC(c1ccc(F)cc1)n1cc(-c2cccc(-c3ccn4nc(N)nc4c3)c2F)cn1. The van der Waals surface area contributed by atoms with Gasteiger partial charge in [0.2, 0.25) is 5.95 Å². The van der Waals surface area contributed by atoms with E-state index in [4.69, 9.17) is 5.73 Å². The van der Waals surface area contributed by atoms with Crippen molar-refractivity contribution in [3.05, 3.63) is 90.4 Å². The summed E-state index contributed by atoms with van der Waals surface area (Å²) in [4.78, 5) is 4.15. The summed E-state index contributed by atoms with van der Waals surface area (Å²) in [6.07, 6.45) is 5.93. The number of pyridine rings is 1. The van der Waals surface area contributed by atoms with E-state index in [1.807, 2.05) is 19.2 Å². The van der Waals surface area contributed by atoms with Crippen LogP contribution in [0.25, 0.3) is 27.9 Å². The Morgan fingerprint density at radius 3 is 2.50 bits per heavy atom. The van der Waals surface area contributed by atoms with Gasteiger partial charge in [-0.25, -0.2) is 13.3 Å². The first-order valence-electron chi connectivity index (χ1n) is 10.2. The minimum atomic E-state index is -0.348. The molecule has 0 spiro atoms. The Labute approximate surface area is 183 Å². The third kappa shape index (κ3) is 3.49. The zero-order valence-corrected chi connectivity index (χ0v) is 17.3. The van der Waals surface area contributed by atoms with Crippen LogP contribution in [0.15, 0.2) is 73.2 Å². The van der Waals surface area contributed by atoms with Crippen molar-refractivity contribution in [2.24, 2.45) is 0 Å². The lowest BCUT2D eigenvalue weighted by molar-refractivity contribution is 0.508. The fourth-order valence-corrected chi connectivity index (χ4v) is 3.95. The molecular weight excluding hydrogens is 410 g/mol. The molecule has 1 unspecified atom stereocenters. The van der Waals surface area contributed by atoms with Crippen LogP contribution >= 0.6 is 0 Å². The molecule has 8 heteroatoms. The lowest BCUT2D eigenvalue weighted by Crippen LogP contribution is -2.10. The second-order valence-corrected chi connectivity index (χ2v) is 7.54. The van der Waals surface area contributed by atoms with Crippen LogP contribution < -0.4 is 5.73 Å². The van der Waals surface area contributed by atoms with Crippen molar-refractivity contribution in [1.82, 2.24) is 24.4 Å². The van der Waals surface area contributed by atoms with Crippen LogP contribution in [-0.2, 0) is 0 Å². The van der Waals surface area contributed by atoms with Crippen LogP contribution in [0.2, 0.25) is 0 Å². The van der Waals surface area contributed by atoms with Gasteiger partial charge < -0.3 is 5.73 Å². The Balaban J connectivity index is 1.52. The third-order valence-electron chi connectivity index (χ3n) is 5.54. The average Bonchev–Trinajstić information content (AvgIpc) is 3.41. The molecule has 3 heterocycles. The highest BCUT2D eigenvalue weighted by Gasteiger charge is 2.17. The highest BCUT2D eigenvalue weighted by Crippen LogP contribution is 2.32. The molecule has 0 saturated carbocycles. The van der Waals surface area contributed by atoms with Crippen molar-refractivity contribution in [3.8, 4) is 22.3 Å². The van der Waals surface area contributed by atoms with Crippen molar-refractivity contribution in [3.63, 3.8) is 0 Å². The Morgan fingerprint density at radius 2 is 1.75 bits per heavy atom. The van der Waals surface area contributed by atoms with Crippen LogP contribution in [0.4, 0.5) is 14.7 Å². The molecule has 0 saturated heterocycles. The maximum Gasteiger partial charge on any atom is 0.240 e. The Morgan fingerprint density at radius 1 is 1.00 bits per heavy atom. The molecule has 2 N–H and O–H groups in total. The minimum absolute atomic E-state index is 0.0728. The number of anilines is 1. The summed E-state index contributed by atoms with van der Waals surface area (Å²) in [6, 6.07) is 15.1. The van der Waals surface area contributed by atoms with Gasteiger partial charge in [0.1, 0.15) is 11.6 Å². The summed E-state index contributed by atoms with van der Waals surface area (Å²) < 4.78 is 32.2. The minimum Gasteiger partial charge on any atom is -0.366 e. The van der Waals surface area contributed by atoms with Crippen LogP contribution in [0.1, 0.15) is 24.9 Å². The molecule has 5 rings (SSSR count). The normalized spacial score (nSPS) is 12.3. The average molecular weight is 430 g/mol. The molecule has 2 aromatic carbocycles. The molecule has 32 heavy (non-hydrogen) atoms. The van der Waals surface area contributed by atoms with E-state index in [1.165, 1.54) is 12.1 Å². The maximum absolute atomic E-state index is 15.6. The predicted octanol–water partition coefficient (Wildman–Crippen LogP) is 5.12. The number of fused-ring (bicyclic) bond motifs is 1. The van der Waals surface area contributed by atoms with E-state index < -0.39 is 0 Å².